The Labute approximate surface area is 262 Å². The zero-order chi connectivity index (χ0) is 31.7. The van der Waals surface area contributed by atoms with Crippen molar-refractivity contribution in [2.75, 3.05) is 24.5 Å². The van der Waals surface area contributed by atoms with Crippen LogP contribution in [0.2, 0.25) is 5.02 Å². The van der Waals surface area contributed by atoms with Crippen LogP contribution in [0.15, 0.2) is 108 Å². The number of hydrogen-bond acceptors (Lipinski definition) is 5. The van der Waals surface area contributed by atoms with Crippen LogP contribution < -0.4 is 14.4 Å². The first-order valence-electron chi connectivity index (χ1n) is 13.9. The molecule has 0 aliphatic rings. The van der Waals surface area contributed by atoms with Gasteiger partial charge in [-0.05, 0) is 72.6 Å². The number of anilines is 1. The van der Waals surface area contributed by atoms with E-state index >= 15 is 0 Å². The number of rotatable bonds is 13. The zero-order valence-corrected chi connectivity index (χ0v) is 25.9. The van der Waals surface area contributed by atoms with Crippen LogP contribution in [0.25, 0.3) is 0 Å². The summed E-state index contributed by atoms with van der Waals surface area (Å²) in [6, 6.07) is 25.7. The third kappa shape index (κ3) is 8.15. The summed E-state index contributed by atoms with van der Waals surface area (Å²) in [5.74, 6) is -1.03. The predicted octanol–water partition coefficient (Wildman–Crippen LogP) is 5.46. The number of amides is 2. The number of nitrogens with one attached hydrogen (secondary N) is 1. The van der Waals surface area contributed by atoms with Crippen molar-refractivity contribution in [3.63, 3.8) is 0 Å². The number of methoxy groups -OCH3 is 1. The van der Waals surface area contributed by atoms with Crippen LogP contribution in [-0.4, -0.2) is 51.4 Å². The molecule has 0 bridgehead atoms. The molecule has 4 rings (SSSR count). The SMILES string of the molecule is CCNC(=O)C(Cc1ccccc1)N(Cc1ccc(F)cc1)C(=O)CN(c1cccc(Cl)c1)S(=O)(=O)c1ccc(OC)cc1. The van der Waals surface area contributed by atoms with E-state index in [2.05, 4.69) is 5.32 Å². The lowest BCUT2D eigenvalue weighted by Crippen LogP contribution is -2.53. The van der Waals surface area contributed by atoms with Gasteiger partial charge < -0.3 is 15.0 Å². The third-order valence-corrected chi connectivity index (χ3v) is 8.93. The summed E-state index contributed by atoms with van der Waals surface area (Å²) in [6.45, 7) is 1.38. The van der Waals surface area contributed by atoms with E-state index in [0.29, 0.717) is 17.9 Å². The lowest BCUT2D eigenvalue weighted by Gasteiger charge is -2.33. The second-order valence-corrected chi connectivity index (χ2v) is 12.2. The first-order chi connectivity index (χ1) is 21.1. The molecule has 0 aliphatic carbocycles. The van der Waals surface area contributed by atoms with Gasteiger partial charge in [0.25, 0.3) is 10.0 Å². The van der Waals surface area contributed by atoms with Gasteiger partial charge in [-0.1, -0.05) is 60.1 Å². The number of halogens is 2. The number of carbonyl (C=O) groups excluding carboxylic acids is 2. The van der Waals surface area contributed by atoms with Gasteiger partial charge in [-0.15, -0.1) is 0 Å². The Morgan fingerprint density at radius 2 is 1.59 bits per heavy atom. The number of likely N-dealkylation sites (N-methyl/N-ethyl adjacent to an activating group) is 1. The van der Waals surface area contributed by atoms with Gasteiger partial charge in [-0.2, -0.15) is 0 Å². The average Bonchev–Trinajstić information content (AvgIpc) is 3.02. The minimum absolute atomic E-state index is 0.0688. The van der Waals surface area contributed by atoms with Crippen LogP contribution in [-0.2, 0) is 32.6 Å². The fourth-order valence-electron chi connectivity index (χ4n) is 4.67. The second kappa shape index (κ2) is 14.9. The second-order valence-electron chi connectivity index (χ2n) is 9.92. The molecule has 8 nitrogen and oxygen atoms in total. The predicted molar refractivity (Wildman–Crippen MR) is 169 cm³/mol. The zero-order valence-electron chi connectivity index (χ0n) is 24.3. The summed E-state index contributed by atoms with van der Waals surface area (Å²) >= 11 is 6.24. The maximum absolute atomic E-state index is 14.3. The van der Waals surface area contributed by atoms with Gasteiger partial charge in [0.1, 0.15) is 24.2 Å². The first kappa shape index (κ1) is 32.5. The molecule has 1 atom stereocenters. The van der Waals surface area contributed by atoms with Crippen molar-refractivity contribution in [2.24, 2.45) is 0 Å². The molecule has 230 valence electrons. The molecule has 0 fully saturated rings. The van der Waals surface area contributed by atoms with Crippen molar-refractivity contribution in [3.8, 4) is 5.75 Å². The molecule has 0 saturated heterocycles. The van der Waals surface area contributed by atoms with Gasteiger partial charge in [0.15, 0.2) is 0 Å². The smallest absolute Gasteiger partial charge is 0.264 e. The molecule has 0 radical (unpaired) electrons. The first-order valence-corrected chi connectivity index (χ1v) is 15.7. The molecule has 4 aromatic carbocycles. The van der Waals surface area contributed by atoms with E-state index in [1.54, 1.807) is 19.1 Å². The summed E-state index contributed by atoms with van der Waals surface area (Å²) in [5, 5.41) is 3.08. The van der Waals surface area contributed by atoms with Gasteiger partial charge in [0.05, 0.1) is 17.7 Å². The van der Waals surface area contributed by atoms with Crippen molar-refractivity contribution in [1.82, 2.24) is 10.2 Å². The van der Waals surface area contributed by atoms with Gasteiger partial charge in [0, 0.05) is 24.5 Å². The van der Waals surface area contributed by atoms with E-state index in [0.717, 1.165) is 9.87 Å². The normalized spacial score (nSPS) is 11.8. The van der Waals surface area contributed by atoms with Gasteiger partial charge >= 0.3 is 0 Å². The molecule has 1 unspecified atom stereocenters. The van der Waals surface area contributed by atoms with Crippen LogP contribution in [0.4, 0.5) is 10.1 Å². The van der Waals surface area contributed by atoms with Gasteiger partial charge in [-0.25, -0.2) is 12.8 Å². The molecule has 0 aromatic heterocycles. The van der Waals surface area contributed by atoms with Crippen LogP contribution in [0, 0.1) is 5.82 Å². The van der Waals surface area contributed by atoms with Crippen molar-refractivity contribution >= 4 is 39.1 Å². The monoisotopic (exact) mass is 637 g/mol. The maximum Gasteiger partial charge on any atom is 0.264 e. The number of nitrogens with zero attached hydrogens (tertiary/aromatic N) is 2. The third-order valence-electron chi connectivity index (χ3n) is 6.91. The molecule has 0 saturated carbocycles. The quantitative estimate of drug-likeness (QED) is 0.210. The minimum Gasteiger partial charge on any atom is -0.497 e. The fourth-order valence-corrected chi connectivity index (χ4v) is 6.26. The number of benzene rings is 4. The average molecular weight is 638 g/mol. The summed E-state index contributed by atoms with van der Waals surface area (Å²) in [6.07, 6.45) is 0.169. The number of ether oxygens (including phenoxy) is 1. The highest BCUT2D eigenvalue weighted by atomic mass is 35.5. The Bertz CT molecular complexity index is 1670. The van der Waals surface area contributed by atoms with Crippen molar-refractivity contribution in [1.29, 1.82) is 0 Å². The highest BCUT2D eigenvalue weighted by Crippen LogP contribution is 2.28. The highest BCUT2D eigenvalue weighted by molar-refractivity contribution is 7.92. The number of sulfonamides is 1. The number of carbonyl (C=O) groups is 2. The van der Waals surface area contributed by atoms with E-state index in [-0.39, 0.29) is 28.6 Å². The Balaban J connectivity index is 1.79. The van der Waals surface area contributed by atoms with E-state index in [1.807, 2.05) is 30.3 Å². The molecular formula is C33H33ClFN3O5S. The van der Waals surface area contributed by atoms with Crippen LogP contribution in [0.5, 0.6) is 5.75 Å². The molecule has 0 aliphatic heterocycles. The fraction of sp³-hybridized carbons (Fsp3) is 0.212. The van der Waals surface area contributed by atoms with Crippen LogP contribution >= 0.6 is 11.6 Å². The summed E-state index contributed by atoms with van der Waals surface area (Å²) in [7, 11) is -2.83. The molecule has 1 N–H and O–H groups in total. The van der Waals surface area contributed by atoms with E-state index in [9.17, 15) is 22.4 Å². The standard InChI is InChI=1S/C33H33ClFN3O5S/c1-3-36-33(40)31(20-24-8-5-4-6-9-24)37(22-25-12-14-27(35)15-13-25)32(39)23-38(28-11-7-10-26(34)21-28)44(41,42)30-18-16-29(43-2)17-19-30/h4-19,21,31H,3,20,22-23H2,1-2H3,(H,36,40). The molecule has 0 heterocycles. The molecule has 44 heavy (non-hydrogen) atoms. The van der Waals surface area contributed by atoms with E-state index < -0.39 is 40.2 Å². The summed E-state index contributed by atoms with van der Waals surface area (Å²) < 4.78 is 48.0. The van der Waals surface area contributed by atoms with Crippen LogP contribution in [0.1, 0.15) is 18.1 Å². The van der Waals surface area contributed by atoms with Crippen LogP contribution in [0.3, 0.4) is 0 Å². The Morgan fingerprint density at radius 3 is 2.20 bits per heavy atom. The summed E-state index contributed by atoms with van der Waals surface area (Å²) in [5.41, 5.74) is 1.54. The lowest BCUT2D eigenvalue weighted by atomic mass is 10.0. The topological polar surface area (TPSA) is 96.0 Å². The maximum atomic E-state index is 14.3. The molecular weight excluding hydrogens is 605 g/mol. The van der Waals surface area contributed by atoms with E-state index in [1.165, 1.54) is 72.7 Å². The Kier molecular flexibility index (Phi) is 11.0. The lowest BCUT2D eigenvalue weighted by molar-refractivity contribution is -0.140. The Morgan fingerprint density at radius 1 is 0.909 bits per heavy atom. The van der Waals surface area contributed by atoms with E-state index in [4.69, 9.17) is 16.3 Å². The molecule has 4 aromatic rings. The molecule has 11 heteroatoms. The highest BCUT2D eigenvalue weighted by Gasteiger charge is 2.34. The van der Waals surface area contributed by atoms with Crippen molar-refractivity contribution < 1.29 is 27.1 Å². The van der Waals surface area contributed by atoms with Crippen molar-refractivity contribution in [2.45, 2.75) is 30.8 Å². The molecule has 2 amide bonds. The molecule has 0 spiro atoms. The largest absolute Gasteiger partial charge is 0.497 e. The van der Waals surface area contributed by atoms with Gasteiger partial charge in [0.2, 0.25) is 11.8 Å². The Hall–Kier alpha value is -4.41. The van der Waals surface area contributed by atoms with Gasteiger partial charge in [-0.3, -0.25) is 13.9 Å². The van der Waals surface area contributed by atoms with Crippen molar-refractivity contribution in [3.05, 3.63) is 125 Å². The summed E-state index contributed by atoms with van der Waals surface area (Å²) in [4.78, 5) is 29.1. The number of hydrogen-bond donors (Lipinski definition) is 1. The minimum atomic E-state index is -4.30.